The molecule has 1 aliphatic carbocycles. The molecule has 1 aromatic heterocycles. The predicted octanol–water partition coefficient (Wildman–Crippen LogP) is 5.92. The van der Waals surface area contributed by atoms with Crippen LogP contribution in [0.4, 0.5) is 0 Å². The number of halogens is 1. The number of nitrogens with zero attached hydrogens (tertiary/aromatic N) is 2. The summed E-state index contributed by atoms with van der Waals surface area (Å²) < 4.78 is 8.06. The third-order valence-electron chi connectivity index (χ3n) is 6.03. The van der Waals surface area contributed by atoms with Gasteiger partial charge in [-0.15, -0.1) is 0 Å². The fraction of sp³-hybridized carbons (Fsp3) is 0.440. The third kappa shape index (κ3) is 5.21. The van der Waals surface area contributed by atoms with Crippen molar-refractivity contribution in [2.45, 2.75) is 58.0 Å². The van der Waals surface area contributed by atoms with Crippen LogP contribution in [-0.2, 0) is 11.3 Å². The maximum Gasteiger partial charge on any atom is 0.223 e. The summed E-state index contributed by atoms with van der Waals surface area (Å²) in [7, 11) is 0. The van der Waals surface area contributed by atoms with E-state index >= 15 is 0 Å². The summed E-state index contributed by atoms with van der Waals surface area (Å²) in [4.78, 5) is 17.6. The zero-order valence-electron chi connectivity index (χ0n) is 18.0. The van der Waals surface area contributed by atoms with Gasteiger partial charge in [0, 0.05) is 12.5 Å². The molecule has 0 aliphatic heterocycles. The Kier molecular flexibility index (Phi) is 7.13. The second kappa shape index (κ2) is 10.2. The van der Waals surface area contributed by atoms with Gasteiger partial charge in [-0.05, 0) is 50.5 Å². The second-order valence-electron chi connectivity index (χ2n) is 8.31. The van der Waals surface area contributed by atoms with Gasteiger partial charge in [0.2, 0.25) is 5.91 Å². The number of aromatic nitrogens is 2. The molecule has 3 aromatic rings. The predicted molar refractivity (Wildman–Crippen MR) is 124 cm³/mol. The second-order valence-corrected chi connectivity index (χ2v) is 8.72. The number of carbonyl (C=O) groups is 1. The van der Waals surface area contributed by atoms with Crippen molar-refractivity contribution < 1.29 is 9.53 Å². The maximum atomic E-state index is 12.8. The number of hydrogen-bond acceptors (Lipinski definition) is 3. The number of hydrogen-bond donors (Lipinski definition) is 1. The lowest BCUT2D eigenvalue weighted by atomic mass is 9.88. The topological polar surface area (TPSA) is 56.2 Å². The average molecular weight is 440 g/mol. The Labute approximate surface area is 188 Å². The summed E-state index contributed by atoms with van der Waals surface area (Å²) in [5, 5.41) is 3.84. The van der Waals surface area contributed by atoms with Crippen LogP contribution >= 0.6 is 11.6 Å². The Morgan fingerprint density at radius 1 is 1.16 bits per heavy atom. The van der Waals surface area contributed by atoms with Gasteiger partial charge in [0.1, 0.15) is 11.6 Å². The van der Waals surface area contributed by atoms with E-state index in [9.17, 15) is 4.79 Å². The van der Waals surface area contributed by atoms with Gasteiger partial charge in [0.15, 0.2) is 0 Å². The Morgan fingerprint density at radius 3 is 2.71 bits per heavy atom. The molecule has 0 radical (unpaired) electrons. The fourth-order valence-corrected chi connectivity index (χ4v) is 4.58. The number of imidazole rings is 1. The lowest BCUT2D eigenvalue weighted by molar-refractivity contribution is -0.126. The molecule has 1 fully saturated rings. The quantitative estimate of drug-likeness (QED) is 0.443. The fourth-order valence-electron chi connectivity index (χ4n) is 4.39. The highest BCUT2D eigenvalue weighted by Gasteiger charge is 2.24. The summed E-state index contributed by atoms with van der Waals surface area (Å²) in [5.74, 6) is 1.89. The van der Waals surface area contributed by atoms with Crippen LogP contribution < -0.4 is 10.1 Å². The van der Waals surface area contributed by atoms with E-state index in [4.69, 9.17) is 21.3 Å². The van der Waals surface area contributed by atoms with Crippen molar-refractivity contribution >= 4 is 28.5 Å². The van der Waals surface area contributed by atoms with E-state index in [0.29, 0.717) is 17.4 Å². The minimum absolute atomic E-state index is 0.137. The van der Waals surface area contributed by atoms with Crippen molar-refractivity contribution in [1.82, 2.24) is 14.9 Å². The molecule has 2 aromatic carbocycles. The number of rotatable bonds is 8. The van der Waals surface area contributed by atoms with Crippen molar-refractivity contribution in [2.75, 3.05) is 6.61 Å². The van der Waals surface area contributed by atoms with Gasteiger partial charge in [0.25, 0.3) is 0 Å². The first-order valence-electron chi connectivity index (χ1n) is 11.3. The minimum atomic E-state index is -0.147. The molecule has 1 atom stereocenters. The molecule has 0 saturated heterocycles. The van der Waals surface area contributed by atoms with Crippen LogP contribution in [0.25, 0.3) is 11.0 Å². The van der Waals surface area contributed by atoms with E-state index < -0.39 is 0 Å². The van der Waals surface area contributed by atoms with Crippen molar-refractivity contribution in [1.29, 1.82) is 0 Å². The number of para-hydroxylation sites is 3. The molecular weight excluding hydrogens is 410 g/mol. The summed E-state index contributed by atoms with van der Waals surface area (Å²) in [6.07, 6.45) is 6.34. The highest BCUT2D eigenvalue weighted by Crippen LogP contribution is 2.26. The van der Waals surface area contributed by atoms with Crippen LogP contribution in [0.1, 0.15) is 57.3 Å². The van der Waals surface area contributed by atoms with Gasteiger partial charge < -0.3 is 14.6 Å². The molecule has 4 rings (SSSR count). The molecule has 1 unspecified atom stereocenters. The van der Waals surface area contributed by atoms with Crippen LogP contribution in [0.5, 0.6) is 5.75 Å². The highest BCUT2D eigenvalue weighted by molar-refractivity contribution is 6.32. The Bertz CT molecular complexity index is 1030. The monoisotopic (exact) mass is 439 g/mol. The van der Waals surface area contributed by atoms with E-state index in [2.05, 4.69) is 16.0 Å². The van der Waals surface area contributed by atoms with E-state index in [0.717, 1.165) is 55.5 Å². The smallest absolute Gasteiger partial charge is 0.223 e. The molecule has 1 N–H and O–H groups in total. The van der Waals surface area contributed by atoms with Crippen LogP contribution in [0.2, 0.25) is 5.02 Å². The number of carbonyl (C=O) groups excluding carboxylic acids is 1. The molecule has 1 saturated carbocycles. The van der Waals surface area contributed by atoms with Crippen molar-refractivity contribution in [2.24, 2.45) is 5.92 Å². The largest absolute Gasteiger partial charge is 0.492 e. The Balaban J connectivity index is 1.45. The van der Waals surface area contributed by atoms with Crippen molar-refractivity contribution in [3.8, 4) is 5.75 Å². The van der Waals surface area contributed by atoms with Gasteiger partial charge in [0.05, 0.1) is 28.7 Å². The van der Waals surface area contributed by atoms with E-state index in [1.165, 1.54) is 6.42 Å². The Morgan fingerprint density at radius 2 is 1.90 bits per heavy atom. The molecule has 0 bridgehead atoms. The van der Waals surface area contributed by atoms with Crippen molar-refractivity contribution in [3.05, 3.63) is 59.4 Å². The zero-order valence-corrected chi connectivity index (χ0v) is 18.8. The molecule has 0 spiro atoms. The van der Waals surface area contributed by atoms with Gasteiger partial charge in [-0.3, -0.25) is 4.79 Å². The van der Waals surface area contributed by atoms with Crippen LogP contribution in [0.15, 0.2) is 48.5 Å². The molecule has 164 valence electrons. The summed E-state index contributed by atoms with van der Waals surface area (Å²) in [5.41, 5.74) is 2.03. The van der Waals surface area contributed by atoms with Crippen LogP contribution in [-0.4, -0.2) is 22.1 Å². The lowest BCUT2D eigenvalue weighted by Gasteiger charge is -2.23. The van der Waals surface area contributed by atoms with Gasteiger partial charge in [-0.2, -0.15) is 0 Å². The minimum Gasteiger partial charge on any atom is -0.492 e. The molecule has 1 heterocycles. The Hall–Kier alpha value is -2.53. The summed E-state index contributed by atoms with van der Waals surface area (Å²) in [6, 6.07) is 15.5. The van der Waals surface area contributed by atoms with Crippen LogP contribution in [0, 0.1) is 5.92 Å². The standard InChI is InChI=1S/C25H30ClN3O2/c1-18(27-25(30)19-10-3-2-4-11-19)24-28-21-13-6-7-14-22(21)29(24)16-9-17-31-23-15-8-5-12-20(23)26/h5-8,12-15,18-19H,2-4,9-11,16-17H2,1H3,(H,27,30). The first kappa shape index (κ1) is 21.7. The highest BCUT2D eigenvalue weighted by atomic mass is 35.5. The summed E-state index contributed by atoms with van der Waals surface area (Å²) in [6.45, 7) is 3.33. The molecule has 1 amide bonds. The number of ether oxygens (including phenoxy) is 1. The third-order valence-corrected chi connectivity index (χ3v) is 6.34. The van der Waals surface area contributed by atoms with Crippen LogP contribution in [0.3, 0.4) is 0 Å². The van der Waals surface area contributed by atoms with Gasteiger partial charge in [-0.1, -0.05) is 55.1 Å². The molecular formula is C25H30ClN3O2. The number of nitrogens with one attached hydrogen (secondary N) is 1. The zero-order chi connectivity index (χ0) is 21.6. The van der Waals surface area contributed by atoms with E-state index in [1.807, 2.05) is 49.4 Å². The average Bonchev–Trinajstić information content (AvgIpc) is 3.17. The lowest BCUT2D eigenvalue weighted by Crippen LogP contribution is -2.35. The number of fused-ring (bicyclic) bond motifs is 1. The van der Waals surface area contributed by atoms with Gasteiger partial charge >= 0.3 is 0 Å². The van der Waals surface area contributed by atoms with E-state index in [-0.39, 0.29) is 17.9 Å². The molecule has 5 nitrogen and oxygen atoms in total. The summed E-state index contributed by atoms with van der Waals surface area (Å²) >= 11 is 6.18. The first-order chi connectivity index (χ1) is 15.1. The molecule has 1 aliphatic rings. The number of benzene rings is 2. The maximum absolute atomic E-state index is 12.8. The normalized spacial score (nSPS) is 15.7. The van der Waals surface area contributed by atoms with Gasteiger partial charge in [-0.25, -0.2) is 4.98 Å². The number of aryl methyl sites for hydroxylation is 1. The van der Waals surface area contributed by atoms with E-state index in [1.54, 1.807) is 0 Å². The van der Waals surface area contributed by atoms with Crippen molar-refractivity contribution in [3.63, 3.8) is 0 Å². The molecule has 31 heavy (non-hydrogen) atoms. The SMILES string of the molecule is CC(NC(=O)C1CCCCC1)c1nc2ccccc2n1CCCOc1ccccc1Cl. The number of amides is 1. The first-order valence-corrected chi connectivity index (χ1v) is 11.6. The molecule has 6 heteroatoms.